The van der Waals surface area contributed by atoms with Crippen molar-refractivity contribution >= 4 is 17.2 Å². The lowest BCUT2D eigenvalue weighted by molar-refractivity contribution is -0.135. The second kappa shape index (κ2) is 6.29. The Balaban J connectivity index is 1.87. The summed E-state index contributed by atoms with van der Waals surface area (Å²) in [7, 11) is 0. The Morgan fingerprint density at radius 1 is 1.67 bits per heavy atom. The third-order valence-corrected chi connectivity index (χ3v) is 4.28. The third kappa shape index (κ3) is 3.29. The Bertz CT molecular complexity index is 380. The number of aryl methyl sites for hydroxylation is 1. The molecule has 1 aliphatic heterocycles. The van der Waals surface area contributed by atoms with Crippen LogP contribution in [-0.4, -0.2) is 34.9 Å². The van der Waals surface area contributed by atoms with E-state index in [9.17, 15) is 4.79 Å². The van der Waals surface area contributed by atoms with E-state index in [2.05, 4.69) is 11.9 Å². The highest BCUT2D eigenvalue weighted by molar-refractivity contribution is 7.07. The first kappa shape index (κ1) is 13.5. The van der Waals surface area contributed by atoms with Gasteiger partial charge in [0.05, 0.1) is 11.2 Å². The van der Waals surface area contributed by atoms with Gasteiger partial charge in [0.25, 0.3) is 0 Å². The number of rotatable bonds is 4. The van der Waals surface area contributed by atoms with E-state index in [1.807, 2.05) is 15.8 Å². The maximum absolute atomic E-state index is 12.2. The van der Waals surface area contributed by atoms with Gasteiger partial charge in [0.1, 0.15) is 0 Å². The normalized spacial score (nSPS) is 24.2. The first-order valence-corrected chi connectivity index (χ1v) is 7.51. The Kier molecular flexibility index (Phi) is 4.72. The van der Waals surface area contributed by atoms with Crippen LogP contribution in [-0.2, 0) is 11.2 Å². The fraction of sp³-hybridized carbons (Fsp3) is 0.692. The monoisotopic (exact) mass is 267 g/mol. The summed E-state index contributed by atoms with van der Waals surface area (Å²) in [6.07, 6.45) is 3.43. The molecule has 0 spiro atoms. The SMILES string of the molecule is CC1CCN(C(=O)CCc2cscn2)C(CN)C1. The van der Waals surface area contributed by atoms with E-state index in [4.69, 9.17) is 5.73 Å². The molecule has 18 heavy (non-hydrogen) atoms. The minimum Gasteiger partial charge on any atom is -0.338 e. The standard InChI is InChI=1S/C13H21N3OS/c1-10-4-5-16(12(6-10)7-14)13(17)3-2-11-8-18-9-15-11/h8-10,12H,2-7,14H2,1H3. The molecule has 0 bridgehead atoms. The van der Waals surface area contributed by atoms with Crippen LogP contribution in [0.3, 0.4) is 0 Å². The minimum atomic E-state index is 0.227. The second-order valence-electron chi connectivity index (χ2n) is 5.09. The molecular formula is C13H21N3OS. The van der Waals surface area contributed by atoms with Crippen molar-refractivity contribution in [3.05, 3.63) is 16.6 Å². The maximum Gasteiger partial charge on any atom is 0.223 e. The highest BCUT2D eigenvalue weighted by atomic mass is 32.1. The van der Waals surface area contributed by atoms with E-state index >= 15 is 0 Å². The van der Waals surface area contributed by atoms with Gasteiger partial charge < -0.3 is 10.6 Å². The van der Waals surface area contributed by atoms with Crippen LogP contribution in [0.4, 0.5) is 0 Å². The van der Waals surface area contributed by atoms with Gasteiger partial charge in [0.2, 0.25) is 5.91 Å². The van der Waals surface area contributed by atoms with Crippen LogP contribution in [0.15, 0.2) is 10.9 Å². The zero-order valence-corrected chi connectivity index (χ0v) is 11.7. The maximum atomic E-state index is 12.2. The highest BCUT2D eigenvalue weighted by Crippen LogP contribution is 2.22. The summed E-state index contributed by atoms with van der Waals surface area (Å²) < 4.78 is 0. The van der Waals surface area contributed by atoms with Crippen molar-refractivity contribution in [2.45, 2.75) is 38.6 Å². The zero-order chi connectivity index (χ0) is 13.0. The number of piperidine rings is 1. The fourth-order valence-electron chi connectivity index (χ4n) is 2.54. The van der Waals surface area contributed by atoms with Gasteiger partial charge in [0, 0.05) is 30.9 Å². The zero-order valence-electron chi connectivity index (χ0n) is 10.8. The molecule has 0 saturated carbocycles. The van der Waals surface area contributed by atoms with Crippen LogP contribution in [0.1, 0.15) is 31.9 Å². The van der Waals surface area contributed by atoms with Crippen molar-refractivity contribution in [2.24, 2.45) is 11.7 Å². The molecule has 100 valence electrons. The van der Waals surface area contributed by atoms with E-state index in [-0.39, 0.29) is 11.9 Å². The first-order chi connectivity index (χ1) is 8.70. The van der Waals surface area contributed by atoms with Crippen LogP contribution >= 0.6 is 11.3 Å². The van der Waals surface area contributed by atoms with Crippen LogP contribution < -0.4 is 5.73 Å². The van der Waals surface area contributed by atoms with E-state index in [0.29, 0.717) is 18.9 Å². The van der Waals surface area contributed by atoms with Crippen molar-refractivity contribution in [2.75, 3.05) is 13.1 Å². The molecule has 2 unspecified atom stereocenters. The van der Waals surface area contributed by atoms with E-state index in [1.165, 1.54) is 0 Å². The van der Waals surface area contributed by atoms with Crippen LogP contribution in [0.5, 0.6) is 0 Å². The van der Waals surface area contributed by atoms with Crippen LogP contribution in [0, 0.1) is 5.92 Å². The number of hydrogen-bond donors (Lipinski definition) is 1. The third-order valence-electron chi connectivity index (χ3n) is 3.65. The molecule has 2 rings (SSSR count). The number of hydrogen-bond acceptors (Lipinski definition) is 4. The van der Waals surface area contributed by atoms with Gasteiger partial charge in [-0.3, -0.25) is 4.79 Å². The summed E-state index contributed by atoms with van der Waals surface area (Å²) in [4.78, 5) is 18.4. The van der Waals surface area contributed by atoms with Crippen molar-refractivity contribution < 1.29 is 4.79 Å². The van der Waals surface area contributed by atoms with Gasteiger partial charge in [0.15, 0.2) is 0 Å². The molecule has 1 aromatic heterocycles. The molecule has 5 heteroatoms. The molecule has 1 amide bonds. The summed E-state index contributed by atoms with van der Waals surface area (Å²) in [5.74, 6) is 0.909. The van der Waals surface area contributed by atoms with Gasteiger partial charge in [-0.2, -0.15) is 0 Å². The molecule has 0 aromatic carbocycles. The summed E-state index contributed by atoms with van der Waals surface area (Å²) in [6.45, 7) is 3.67. The Hall–Kier alpha value is -0.940. The molecule has 4 nitrogen and oxygen atoms in total. The lowest BCUT2D eigenvalue weighted by atomic mass is 9.92. The lowest BCUT2D eigenvalue weighted by Gasteiger charge is -2.38. The molecule has 1 aliphatic rings. The number of likely N-dealkylation sites (tertiary alicyclic amines) is 1. The Labute approximate surface area is 112 Å². The largest absolute Gasteiger partial charge is 0.338 e. The van der Waals surface area contributed by atoms with Gasteiger partial charge in [-0.05, 0) is 25.2 Å². The number of nitrogens with two attached hydrogens (primary N) is 1. The number of aromatic nitrogens is 1. The van der Waals surface area contributed by atoms with Crippen LogP contribution in [0.25, 0.3) is 0 Å². The molecule has 1 fully saturated rings. The Morgan fingerprint density at radius 2 is 2.50 bits per heavy atom. The average Bonchev–Trinajstić information content (AvgIpc) is 2.88. The molecule has 2 N–H and O–H groups in total. The molecule has 2 atom stereocenters. The van der Waals surface area contributed by atoms with Crippen LogP contribution in [0.2, 0.25) is 0 Å². The van der Waals surface area contributed by atoms with Crippen molar-refractivity contribution in [3.8, 4) is 0 Å². The predicted molar refractivity (Wildman–Crippen MR) is 73.4 cm³/mol. The van der Waals surface area contributed by atoms with Gasteiger partial charge in [-0.1, -0.05) is 6.92 Å². The smallest absolute Gasteiger partial charge is 0.223 e. The first-order valence-electron chi connectivity index (χ1n) is 6.57. The number of carbonyl (C=O) groups excluding carboxylic acids is 1. The number of amides is 1. The molecule has 0 aliphatic carbocycles. The fourth-order valence-corrected chi connectivity index (χ4v) is 3.14. The average molecular weight is 267 g/mol. The summed E-state index contributed by atoms with van der Waals surface area (Å²) >= 11 is 1.58. The van der Waals surface area contributed by atoms with Crippen molar-refractivity contribution in [1.82, 2.24) is 9.88 Å². The summed E-state index contributed by atoms with van der Waals surface area (Å²) in [5.41, 5.74) is 8.61. The second-order valence-corrected chi connectivity index (χ2v) is 5.80. The Morgan fingerprint density at radius 3 is 3.17 bits per heavy atom. The lowest BCUT2D eigenvalue weighted by Crippen LogP contribution is -2.49. The minimum absolute atomic E-state index is 0.227. The topological polar surface area (TPSA) is 59.2 Å². The highest BCUT2D eigenvalue weighted by Gasteiger charge is 2.28. The van der Waals surface area contributed by atoms with Gasteiger partial charge >= 0.3 is 0 Å². The number of carbonyl (C=O) groups is 1. The molecule has 2 heterocycles. The summed E-state index contributed by atoms with van der Waals surface area (Å²) in [6, 6.07) is 0.233. The quantitative estimate of drug-likeness (QED) is 0.902. The van der Waals surface area contributed by atoms with E-state index < -0.39 is 0 Å². The molecule has 0 radical (unpaired) electrons. The summed E-state index contributed by atoms with van der Waals surface area (Å²) in [5, 5.41) is 2.01. The molecule has 1 aromatic rings. The van der Waals surface area contributed by atoms with Crippen molar-refractivity contribution in [3.63, 3.8) is 0 Å². The number of thiazole rings is 1. The molecular weight excluding hydrogens is 246 g/mol. The predicted octanol–water partition coefficient (Wildman–Crippen LogP) is 1.66. The van der Waals surface area contributed by atoms with Gasteiger partial charge in [-0.15, -0.1) is 11.3 Å². The molecule has 1 saturated heterocycles. The van der Waals surface area contributed by atoms with E-state index in [1.54, 1.807) is 11.3 Å². The van der Waals surface area contributed by atoms with Gasteiger partial charge in [-0.25, -0.2) is 4.98 Å². The van der Waals surface area contributed by atoms with Crippen molar-refractivity contribution in [1.29, 1.82) is 0 Å². The number of nitrogens with zero attached hydrogens (tertiary/aromatic N) is 2. The van der Waals surface area contributed by atoms with E-state index in [0.717, 1.165) is 31.5 Å².